The minimum atomic E-state index is 0. The van der Waals surface area contributed by atoms with Gasteiger partial charge in [0.25, 0.3) is 0 Å². The van der Waals surface area contributed by atoms with E-state index in [4.69, 9.17) is 0 Å². The third kappa shape index (κ3) is 4.06. The van der Waals surface area contributed by atoms with Crippen LogP contribution in [-0.2, 0) is 0 Å². The normalized spacial score (nSPS) is 26.2. The minimum absolute atomic E-state index is 0. The van der Waals surface area contributed by atoms with E-state index in [9.17, 15) is 0 Å². The van der Waals surface area contributed by atoms with Gasteiger partial charge in [-0.05, 0) is 32.4 Å². The molecule has 1 saturated heterocycles. The van der Waals surface area contributed by atoms with E-state index in [1.165, 1.54) is 58.2 Å². The van der Waals surface area contributed by atoms with Crippen molar-refractivity contribution in [1.29, 1.82) is 0 Å². The fourth-order valence-corrected chi connectivity index (χ4v) is 3.15. The van der Waals surface area contributed by atoms with Crippen LogP contribution in [0.3, 0.4) is 0 Å². The highest BCUT2D eigenvalue weighted by molar-refractivity contribution is 5.85. The Morgan fingerprint density at radius 2 is 1.69 bits per heavy atom. The van der Waals surface area contributed by atoms with Crippen molar-refractivity contribution in [2.75, 3.05) is 19.6 Å². The molecular weight excluding hydrogens is 243 g/mol. The smallest absolute Gasteiger partial charge is 0.0235 e. The summed E-state index contributed by atoms with van der Waals surface area (Å²) in [6.45, 7) is 6.03. The van der Waals surface area contributed by atoms with Crippen LogP contribution in [0.2, 0.25) is 0 Å². The second-order valence-electron chi connectivity index (χ2n) is 4.77. The summed E-state index contributed by atoms with van der Waals surface area (Å²) in [5.41, 5.74) is 0. The van der Waals surface area contributed by atoms with Gasteiger partial charge in [0.1, 0.15) is 0 Å². The number of nitrogens with zero attached hydrogens (tertiary/aromatic N) is 1. The standard InChI is InChI=1S/C12H24N2.2ClH/c1-2-14(12-8-9-13-10-12)11-6-4-3-5-7-11;;/h11-13H,2-10H2,1H3;2*1H. The molecule has 0 bridgehead atoms. The van der Waals surface area contributed by atoms with Crippen molar-refractivity contribution in [1.82, 2.24) is 10.2 Å². The van der Waals surface area contributed by atoms with Crippen molar-refractivity contribution in [2.45, 2.75) is 57.5 Å². The number of rotatable bonds is 3. The molecule has 98 valence electrons. The Labute approximate surface area is 112 Å². The lowest BCUT2D eigenvalue weighted by Crippen LogP contribution is -2.45. The topological polar surface area (TPSA) is 15.3 Å². The van der Waals surface area contributed by atoms with Crippen molar-refractivity contribution in [2.24, 2.45) is 0 Å². The van der Waals surface area contributed by atoms with Gasteiger partial charge < -0.3 is 5.32 Å². The van der Waals surface area contributed by atoms with E-state index in [1.807, 2.05) is 0 Å². The Morgan fingerprint density at radius 1 is 1.00 bits per heavy atom. The lowest BCUT2D eigenvalue weighted by atomic mass is 9.93. The molecule has 4 heteroatoms. The molecule has 1 aliphatic heterocycles. The summed E-state index contributed by atoms with van der Waals surface area (Å²) in [6.07, 6.45) is 8.65. The fourth-order valence-electron chi connectivity index (χ4n) is 3.15. The van der Waals surface area contributed by atoms with Crippen molar-refractivity contribution in [3.05, 3.63) is 0 Å². The molecule has 0 aromatic carbocycles. The van der Waals surface area contributed by atoms with Crippen LogP contribution in [0.4, 0.5) is 0 Å². The predicted molar refractivity (Wildman–Crippen MR) is 75.0 cm³/mol. The fraction of sp³-hybridized carbons (Fsp3) is 1.00. The molecule has 0 amide bonds. The molecule has 1 saturated carbocycles. The number of hydrogen-bond donors (Lipinski definition) is 1. The summed E-state index contributed by atoms with van der Waals surface area (Å²) < 4.78 is 0. The van der Waals surface area contributed by atoms with Gasteiger partial charge in [0.15, 0.2) is 0 Å². The SMILES string of the molecule is CCN(C1CCCCC1)C1CCNC1.Cl.Cl. The van der Waals surface area contributed by atoms with Gasteiger partial charge in [0, 0.05) is 18.6 Å². The monoisotopic (exact) mass is 268 g/mol. The van der Waals surface area contributed by atoms with Gasteiger partial charge in [0.2, 0.25) is 0 Å². The number of nitrogens with one attached hydrogen (secondary N) is 1. The van der Waals surface area contributed by atoms with Crippen LogP contribution in [0.1, 0.15) is 45.4 Å². The first kappa shape index (κ1) is 16.5. The van der Waals surface area contributed by atoms with Crippen molar-refractivity contribution < 1.29 is 0 Å². The molecule has 1 heterocycles. The first-order chi connectivity index (χ1) is 6.92. The Hall–Kier alpha value is 0.500. The van der Waals surface area contributed by atoms with E-state index in [0.29, 0.717) is 0 Å². The summed E-state index contributed by atoms with van der Waals surface area (Å²) in [7, 11) is 0. The molecule has 2 rings (SSSR count). The second-order valence-corrected chi connectivity index (χ2v) is 4.77. The highest BCUT2D eigenvalue weighted by Crippen LogP contribution is 2.25. The third-order valence-electron chi connectivity index (χ3n) is 3.91. The average molecular weight is 269 g/mol. The molecule has 1 aliphatic carbocycles. The molecule has 0 radical (unpaired) electrons. The summed E-state index contributed by atoms with van der Waals surface area (Å²) in [5.74, 6) is 0. The van der Waals surface area contributed by atoms with Gasteiger partial charge in [0.05, 0.1) is 0 Å². The van der Waals surface area contributed by atoms with E-state index in [1.54, 1.807) is 0 Å². The molecule has 0 spiro atoms. The predicted octanol–water partition coefficient (Wildman–Crippen LogP) is 2.85. The van der Waals surface area contributed by atoms with E-state index in [2.05, 4.69) is 17.1 Å². The molecular formula is C12H26Cl2N2. The highest BCUT2D eigenvalue weighted by atomic mass is 35.5. The van der Waals surface area contributed by atoms with Crippen LogP contribution in [0, 0.1) is 0 Å². The maximum Gasteiger partial charge on any atom is 0.0235 e. The zero-order chi connectivity index (χ0) is 9.80. The lowest BCUT2D eigenvalue weighted by Gasteiger charge is -2.37. The van der Waals surface area contributed by atoms with Gasteiger partial charge in [-0.15, -0.1) is 24.8 Å². The van der Waals surface area contributed by atoms with Gasteiger partial charge in [-0.25, -0.2) is 0 Å². The Morgan fingerprint density at radius 3 is 2.19 bits per heavy atom. The molecule has 2 nitrogen and oxygen atoms in total. The maximum atomic E-state index is 3.48. The summed E-state index contributed by atoms with van der Waals surface area (Å²) in [4.78, 5) is 2.76. The van der Waals surface area contributed by atoms with Gasteiger partial charge in [-0.1, -0.05) is 26.2 Å². The highest BCUT2D eigenvalue weighted by Gasteiger charge is 2.27. The van der Waals surface area contributed by atoms with E-state index < -0.39 is 0 Å². The maximum absolute atomic E-state index is 3.48. The van der Waals surface area contributed by atoms with Crippen molar-refractivity contribution in [3.8, 4) is 0 Å². The first-order valence-corrected chi connectivity index (χ1v) is 6.38. The third-order valence-corrected chi connectivity index (χ3v) is 3.91. The molecule has 2 fully saturated rings. The van der Waals surface area contributed by atoms with Gasteiger partial charge in [-0.2, -0.15) is 0 Å². The summed E-state index contributed by atoms with van der Waals surface area (Å²) in [5, 5.41) is 3.48. The van der Waals surface area contributed by atoms with Crippen LogP contribution in [0.5, 0.6) is 0 Å². The van der Waals surface area contributed by atoms with Crippen LogP contribution in [-0.4, -0.2) is 36.6 Å². The number of likely N-dealkylation sites (N-methyl/N-ethyl adjacent to an activating group) is 1. The van der Waals surface area contributed by atoms with Gasteiger partial charge in [-0.3, -0.25) is 4.90 Å². The molecule has 1 unspecified atom stereocenters. The molecule has 0 aromatic rings. The molecule has 16 heavy (non-hydrogen) atoms. The molecule has 0 aromatic heterocycles. The average Bonchev–Trinajstić information content (AvgIpc) is 2.74. The summed E-state index contributed by atoms with van der Waals surface area (Å²) >= 11 is 0. The second kappa shape index (κ2) is 8.57. The van der Waals surface area contributed by atoms with Crippen LogP contribution < -0.4 is 5.32 Å². The lowest BCUT2D eigenvalue weighted by molar-refractivity contribution is 0.119. The Bertz CT molecular complexity index is 166. The minimum Gasteiger partial charge on any atom is -0.315 e. The van der Waals surface area contributed by atoms with Crippen molar-refractivity contribution in [3.63, 3.8) is 0 Å². The molecule has 1 atom stereocenters. The van der Waals surface area contributed by atoms with Crippen molar-refractivity contribution >= 4 is 24.8 Å². The largest absolute Gasteiger partial charge is 0.315 e. The quantitative estimate of drug-likeness (QED) is 0.847. The zero-order valence-corrected chi connectivity index (χ0v) is 11.9. The van der Waals surface area contributed by atoms with Crippen LogP contribution >= 0.6 is 24.8 Å². The Kier molecular flexibility index (Phi) is 8.84. The number of halogens is 2. The first-order valence-electron chi connectivity index (χ1n) is 6.38. The van der Waals surface area contributed by atoms with E-state index >= 15 is 0 Å². The van der Waals surface area contributed by atoms with E-state index in [-0.39, 0.29) is 24.8 Å². The Balaban J connectivity index is 0.00000112. The van der Waals surface area contributed by atoms with Crippen LogP contribution in [0.15, 0.2) is 0 Å². The number of hydrogen-bond acceptors (Lipinski definition) is 2. The van der Waals surface area contributed by atoms with Gasteiger partial charge >= 0.3 is 0 Å². The molecule has 2 aliphatic rings. The van der Waals surface area contributed by atoms with E-state index in [0.717, 1.165) is 12.1 Å². The summed E-state index contributed by atoms with van der Waals surface area (Å²) in [6, 6.07) is 1.74. The van der Waals surface area contributed by atoms with Crippen LogP contribution in [0.25, 0.3) is 0 Å². The molecule has 1 N–H and O–H groups in total. The zero-order valence-electron chi connectivity index (χ0n) is 10.3.